The molecule has 0 unspecified atom stereocenters. The van der Waals surface area contributed by atoms with E-state index in [9.17, 15) is 0 Å². The lowest BCUT2D eigenvalue weighted by Crippen LogP contribution is -2.37. The van der Waals surface area contributed by atoms with Crippen LogP contribution in [0.25, 0.3) is 0 Å². The fourth-order valence-electron chi connectivity index (χ4n) is 1.36. The number of aryl methyl sites for hydroxylation is 1. The summed E-state index contributed by atoms with van der Waals surface area (Å²) in [6, 6.07) is 4.31. The molecule has 0 aliphatic carbocycles. The predicted molar refractivity (Wildman–Crippen MR) is 87.6 cm³/mol. The Kier molecular flexibility index (Phi) is 9.53. The first-order chi connectivity index (χ1) is 7.76. The van der Waals surface area contributed by atoms with E-state index in [0.717, 1.165) is 19.0 Å². The van der Waals surface area contributed by atoms with Gasteiger partial charge in [0.2, 0.25) is 0 Å². The number of guanidine groups is 1. The van der Waals surface area contributed by atoms with Gasteiger partial charge >= 0.3 is 0 Å². The summed E-state index contributed by atoms with van der Waals surface area (Å²) < 4.78 is 0. The number of nitrogens with one attached hydrogen (secondary N) is 2. The summed E-state index contributed by atoms with van der Waals surface area (Å²) in [5.41, 5.74) is 0. The molecule has 0 bridgehead atoms. The smallest absolute Gasteiger partial charge is 0.191 e. The molecule has 98 valence electrons. The van der Waals surface area contributed by atoms with Crippen LogP contribution in [0.15, 0.2) is 17.1 Å². The Hall–Kier alpha value is -0.300. The highest BCUT2D eigenvalue weighted by molar-refractivity contribution is 14.0. The second-order valence-electron chi connectivity index (χ2n) is 3.72. The maximum Gasteiger partial charge on any atom is 0.191 e. The third-order valence-electron chi connectivity index (χ3n) is 2.27. The number of hydrogen-bond donors (Lipinski definition) is 2. The van der Waals surface area contributed by atoms with Crippen LogP contribution in [0.4, 0.5) is 0 Å². The number of unbranched alkanes of at least 4 members (excludes halogenated alkanes) is 1. The molecule has 0 fully saturated rings. The van der Waals surface area contributed by atoms with Gasteiger partial charge in [0.1, 0.15) is 0 Å². The monoisotopic (exact) mass is 367 g/mol. The molecule has 0 radical (unpaired) electrons. The third kappa shape index (κ3) is 6.88. The van der Waals surface area contributed by atoms with Crippen LogP contribution in [0.3, 0.4) is 0 Å². The van der Waals surface area contributed by atoms with Crippen LogP contribution >= 0.6 is 35.3 Å². The van der Waals surface area contributed by atoms with Crippen molar-refractivity contribution in [2.24, 2.45) is 4.99 Å². The van der Waals surface area contributed by atoms with Gasteiger partial charge in [-0.15, -0.1) is 35.3 Å². The van der Waals surface area contributed by atoms with Gasteiger partial charge in [-0.05, 0) is 25.5 Å². The molecule has 17 heavy (non-hydrogen) atoms. The van der Waals surface area contributed by atoms with Crippen molar-refractivity contribution in [3.63, 3.8) is 0 Å². The zero-order valence-corrected chi connectivity index (χ0v) is 13.9. The first-order valence-electron chi connectivity index (χ1n) is 5.76. The summed E-state index contributed by atoms with van der Waals surface area (Å²) in [4.78, 5) is 6.88. The van der Waals surface area contributed by atoms with Gasteiger partial charge in [-0.3, -0.25) is 4.99 Å². The lowest BCUT2D eigenvalue weighted by molar-refractivity contribution is 0.730. The summed E-state index contributed by atoms with van der Waals surface area (Å²) in [5, 5.41) is 6.60. The van der Waals surface area contributed by atoms with E-state index in [0.29, 0.717) is 0 Å². The molecule has 0 saturated heterocycles. The Morgan fingerprint density at radius 1 is 1.35 bits per heavy atom. The first-order valence-corrected chi connectivity index (χ1v) is 6.57. The lowest BCUT2D eigenvalue weighted by Gasteiger charge is -2.10. The summed E-state index contributed by atoms with van der Waals surface area (Å²) in [5.74, 6) is 0.888. The van der Waals surface area contributed by atoms with Crippen molar-refractivity contribution in [2.45, 2.75) is 33.2 Å². The number of aliphatic imine (C=N–C) groups is 1. The molecule has 0 aliphatic rings. The van der Waals surface area contributed by atoms with Crippen LogP contribution in [0, 0.1) is 6.92 Å². The molecule has 0 amide bonds. The molecular weight excluding hydrogens is 345 g/mol. The molecule has 0 atom stereocenters. The minimum Gasteiger partial charge on any atom is -0.356 e. The maximum atomic E-state index is 4.18. The molecule has 0 spiro atoms. The molecule has 0 aromatic carbocycles. The largest absolute Gasteiger partial charge is 0.356 e. The quantitative estimate of drug-likeness (QED) is 0.363. The van der Waals surface area contributed by atoms with Gasteiger partial charge in [0.05, 0.1) is 6.54 Å². The van der Waals surface area contributed by atoms with E-state index in [1.165, 1.54) is 22.6 Å². The van der Waals surface area contributed by atoms with Crippen molar-refractivity contribution in [3.05, 3.63) is 21.9 Å². The van der Waals surface area contributed by atoms with E-state index < -0.39 is 0 Å². The van der Waals surface area contributed by atoms with Crippen molar-refractivity contribution < 1.29 is 0 Å². The number of thiophene rings is 1. The minimum absolute atomic E-state index is 0. The van der Waals surface area contributed by atoms with Crippen LogP contribution in [-0.4, -0.2) is 19.6 Å². The van der Waals surface area contributed by atoms with Gasteiger partial charge in [0.15, 0.2) is 5.96 Å². The lowest BCUT2D eigenvalue weighted by atomic mass is 10.3. The Balaban J connectivity index is 0.00000256. The maximum absolute atomic E-state index is 4.18. The number of halogens is 1. The summed E-state index contributed by atoms with van der Waals surface area (Å²) in [6.45, 7) is 6.15. The Morgan fingerprint density at radius 3 is 2.65 bits per heavy atom. The molecule has 3 nitrogen and oxygen atoms in total. The van der Waals surface area contributed by atoms with E-state index in [2.05, 4.69) is 41.6 Å². The van der Waals surface area contributed by atoms with Gasteiger partial charge in [-0.2, -0.15) is 0 Å². The van der Waals surface area contributed by atoms with Crippen LogP contribution in [0.5, 0.6) is 0 Å². The topological polar surface area (TPSA) is 36.4 Å². The average Bonchev–Trinajstić information content (AvgIpc) is 2.69. The second kappa shape index (κ2) is 9.70. The molecule has 1 aromatic heterocycles. The molecule has 0 aliphatic heterocycles. The molecule has 2 N–H and O–H groups in total. The Bertz CT molecular complexity index is 336. The zero-order valence-electron chi connectivity index (χ0n) is 10.7. The highest BCUT2D eigenvalue weighted by Gasteiger charge is 1.99. The van der Waals surface area contributed by atoms with Crippen LogP contribution < -0.4 is 10.6 Å². The molecule has 1 aromatic rings. The molecule has 1 heterocycles. The Morgan fingerprint density at radius 2 is 2.12 bits per heavy atom. The third-order valence-corrected chi connectivity index (χ3v) is 3.27. The SMILES string of the molecule is CCCCNC(=NC)NCc1ccc(C)s1.I. The van der Waals surface area contributed by atoms with Crippen molar-refractivity contribution >= 4 is 41.3 Å². The van der Waals surface area contributed by atoms with Gasteiger partial charge in [-0.25, -0.2) is 0 Å². The van der Waals surface area contributed by atoms with E-state index in [4.69, 9.17) is 0 Å². The zero-order chi connectivity index (χ0) is 11.8. The van der Waals surface area contributed by atoms with E-state index >= 15 is 0 Å². The van der Waals surface area contributed by atoms with Crippen molar-refractivity contribution in [1.82, 2.24) is 10.6 Å². The van der Waals surface area contributed by atoms with Crippen LogP contribution in [0.1, 0.15) is 29.5 Å². The summed E-state index contributed by atoms with van der Waals surface area (Å²) in [6.07, 6.45) is 2.38. The second-order valence-corrected chi connectivity index (χ2v) is 5.09. The standard InChI is InChI=1S/C12H21N3S.HI/c1-4-5-8-14-12(13-3)15-9-11-7-6-10(2)16-11;/h6-7H,4-5,8-9H2,1-3H3,(H2,13,14,15);1H. The number of hydrogen-bond acceptors (Lipinski definition) is 2. The first kappa shape index (κ1) is 16.7. The number of nitrogens with zero attached hydrogens (tertiary/aromatic N) is 1. The van der Waals surface area contributed by atoms with E-state index in [-0.39, 0.29) is 24.0 Å². The van der Waals surface area contributed by atoms with Gasteiger partial charge in [-0.1, -0.05) is 13.3 Å². The van der Waals surface area contributed by atoms with Crippen molar-refractivity contribution in [3.8, 4) is 0 Å². The summed E-state index contributed by atoms with van der Waals surface area (Å²) >= 11 is 1.82. The van der Waals surface area contributed by atoms with Gasteiger partial charge < -0.3 is 10.6 Å². The highest BCUT2D eigenvalue weighted by atomic mass is 127. The average molecular weight is 367 g/mol. The molecule has 1 rings (SSSR count). The molecule has 0 saturated carbocycles. The van der Waals surface area contributed by atoms with Crippen LogP contribution in [0.2, 0.25) is 0 Å². The summed E-state index contributed by atoms with van der Waals surface area (Å²) in [7, 11) is 1.81. The van der Waals surface area contributed by atoms with Gasteiger partial charge in [0, 0.05) is 23.3 Å². The highest BCUT2D eigenvalue weighted by Crippen LogP contribution is 2.14. The van der Waals surface area contributed by atoms with Crippen LogP contribution in [-0.2, 0) is 6.54 Å². The normalized spacial score (nSPS) is 10.9. The fraction of sp³-hybridized carbons (Fsp3) is 0.583. The minimum atomic E-state index is 0. The Labute approximate surface area is 125 Å². The van der Waals surface area contributed by atoms with Gasteiger partial charge in [0.25, 0.3) is 0 Å². The van der Waals surface area contributed by atoms with E-state index in [1.807, 2.05) is 11.3 Å². The molecular formula is C12H22IN3S. The van der Waals surface area contributed by atoms with Crippen molar-refractivity contribution in [1.29, 1.82) is 0 Å². The molecule has 5 heteroatoms. The number of rotatable bonds is 5. The fourth-order valence-corrected chi connectivity index (χ4v) is 2.19. The predicted octanol–water partition coefficient (Wildman–Crippen LogP) is 3.14. The van der Waals surface area contributed by atoms with E-state index in [1.54, 1.807) is 7.05 Å². The van der Waals surface area contributed by atoms with Crippen molar-refractivity contribution in [2.75, 3.05) is 13.6 Å².